The fraction of sp³-hybridized carbons (Fsp3) is 0.222. The molecule has 33 heavy (non-hydrogen) atoms. The molecule has 0 fully saturated rings. The number of anilines is 2. The van der Waals surface area contributed by atoms with E-state index in [1.54, 1.807) is 6.07 Å². The third kappa shape index (κ3) is 4.56. The molecule has 15 heteroatoms. The van der Waals surface area contributed by atoms with Gasteiger partial charge in [-0.25, -0.2) is 4.39 Å². The highest BCUT2D eigenvalue weighted by molar-refractivity contribution is 9.10. The summed E-state index contributed by atoms with van der Waals surface area (Å²) in [6, 6.07) is 4.98. The topological polar surface area (TPSA) is 78.9 Å². The van der Waals surface area contributed by atoms with E-state index < -0.39 is 50.6 Å². The summed E-state index contributed by atoms with van der Waals surface area (Å²) in [5, 5.41) is 9.91. The Balaban J connectivity index is 2.56. The Kier molecular flexibility index (Phi) is 6.93. The van der Waals surface area contributed by atoms with Gasteiger partial charge in [0.2, 0.25) is 0 Å². The Hall–Kier alpha value is -2.66. The van der Waals surface area contributed by atoms with Crippen LogP contribution in [-0.2, 0) is 5.67 Å². The van der Waals surface area contributed by atoms with Gasteiger partial charge in [-0.3, -0.25) is 4.79 Å². The van der Waals surface area contributed by atoms with Crippen molar-refractivity contribution >= 4 is 44.8 Å². The van der Waals surface area contributed by atoms with Crippen LogP contribution in [0.4, 0.5) is 50.9 Å². The van der Waals surface area contributed by atoms with Crippen molar-refractivity contribution in [1.29, 1.82) is 5.26 Å². The molecule has 0 saturated heterocycles. The van der Waals surface area contributed by atoms with Gasteiger partial charge < -0.3 is 11.1 Å². The molecule has 2 aromatic rings. The number of rotatable bonds is 4. The second kappa shape index (κ2) is 8.60. The van der Waals surface area contributed by atoms with Gasteiger partial charge in [0.25, 0.3) is 5.91 Å². The second-order valence-corrected chi connectivity index (χ2v) is 7.67. The van der Waals surface area contributed by atoms with E-state index in [1.165, 1.54) is 6.07 Å². The molecule has 1 atom stereocenters. The zero-order chi connectivity index (χ0) is 25.6. The predicted octanol–water partition coefficient (Wildman–Crippen LogP) is 6.73. The molecule has 1 unspecified atom stereocenters. The minimum Gasteiger partial charge on any atom is -0.398 e. The van der Waals surface area contributed by atoms with E-state index in [4.69, 9.17) is 22.6 Å². The Labute approximate surface area is 192 Å². The van der Waals surface area contributed by atoms with Crippen LogP contribution >= 0.6 is 27.5 Å². The van der Waals surface area contributed by atoms with Crippen molar-refractivity contribution in [3.8, 4) is 6.07 Å². The van der Waals surface area contributed by atoms with Crippen LogP contribution in [0.1, 0.15) is 21.5 Å². The number of nitrogen functional groups attached to an aromatic ring is 1. The van der Waals surface area contributed by atoms with E-state index in [0.29, 0.717) is 0 Å². The highest BCUT2D eigenvalue weighted by atomic mass is 79.9. The third-order valence-electron chi connectivity index (χ3n) is 4.29. The van der Waals surface area contributed by atoms with Gasteiger partial charge in [0.15, 0.2) is 0 Å². The fourth-order valence-electron chi connectivity index (χ4n) is 2.60. The zero-order valence-electron chi connectivity index (χ0n) is 15.5. The van der Waals surface area contributed by atoms with E-state index in [-0.39, 0.29) is 28.9 Å². The second-order valence-electron chi connectivity index (χ2n) is 6.41. The van der Waals surface area contributed by atoms with Crippen LogP contribution in [0.25, 0.3) is 0 Å². The molecule has 0 aromatic heterocycles. The van der Waals surface area contributed by atoms with Crippen LogP contribution in [-0.4, -0.2) is 24.2 Å². The maximum Gasteiger partial charge on any atom is 0.457 e. The summed E-state index contributed by atoms with van der Waals surface area (Å²) in [5.74, 6) is -7.88. The number of carbonyl (C=O) groups excluding carboxylic acids is 1. The van der Waals surface area contributed by atoms with Crippen molar-refractivity contribution in [2.75, 3.05) is 11.1 Å². The monoisotopic (exact) mass is 567 g/mol. The first-order valence-electron chi connectivity index (χ1n) is 8.19. The van der Waals surface area contributed by atoms with Crippen molar-refractivity contribution in [2.24, 2.45) is 0 Å². The van der Waals surface area contributed by atoms with Crippen LogP contribution in [0, 0.1) is 11.3 Å². The average Bonchev–Trinajstić information content (AvgIpc) is 2.67. The third-order valence-corrected chi connectivity index (χ3v) is 5.22. The van der Waals surface area contributed by atoms with Crippen molar-refractivity contribution in [3.63, 3.8) is 0 Å². The van der Waals surface area contributed by atoms with Crippen molar-refractivity contribution < 1.29 is 44.3 Å². The number of carbonyl (C=O) groups is 1. The minimum absolute atomic E-state index is 0.0121. The molecule has 0 saturated carbocycles. The van der Waals surface area contributed by atoms with Gasteiger partial charge >= 0.3 is 23.9 Å². The van der Waals surface area contributed by atoms with Gasteiger partial charge in [-0.2, -0.15) is 40.4 Å². The van der Waals surface area contributed by atoms with Gasteiger partial charge in [0, 0.05) is 15.6 Å². The molecular formula is C18H8BrClF9N3O. The summed E-state index contributed by atoms with van der Waals surface area (Å²) in [4.78, 5) is 12.4. The molecule has 0 bridgehead atoms. The highest BCUT2D eigenvalue weighted by Gasteiger charge is 2.81. The van der Waals surface area contributed by atoms with Crippen molar-refractivity contribution in [1.82, 2.24) is 0 Å². The van der Waals surface area contributed by atoms with Crippen LogP contribution in [0.15, 0.2) is 34.8 Å². The number of halogens is 11. The summed E-state index contributed by atoms with van der Waals surface area (Å²) < 4.78 is 119. The predicted molar refractivity (Wildman–Crippen MR) is 103 cm³/mol. The molecule has 0 aliphatic rings. The quantitative estimate of drug-likeness (QED) is 0.317. The van der Waals surface area contributed by atoms with E-state index in [1.807, 2.05) is 0 Å². The molecule has 0 aliphatic carbocycles. The molecule has 4 nitrogen and oxygen atoms in total. The molecule has 0 aliphatic heterocycles. The summed E-state index contributed by atoms with van der Waals surface area (Å²) in [7, 11) is 0. The maximum atomic E-state index is 14.6. The zero-order valence-corrected chi connectivity index (χ0v) is 17.8. The number of alkyl halides is 9. The Morgan fingerprint density at radius 2 is 1.58 bits per heavy atom. The smallest absolute Gasteiger partial charge is 0.398 e. The standard InChI is InChI=1S/C18H8BrClF9N3O/c19-10-4-9(15(21,17(24,25)26)16(22,23)18(27,28)29)5-11(20)13(10)32-14(33)7-1-2-8(6-30)12(31)3-7/h1-5H,31H2,(H,32,33). The Morgan fingerprint density at radius 3 is 2.00 bits per heavy atom. The molecule has 3 N–H and O–H groups in total. The van der Waals surface area contributed by atoms with Gasteiger partial charge in [0.05, 0.1) is 22.0 Å². The normalized spacial score (nSPS) is 14.4. The molecule has 0 heterocycles. The van der Waals surface area contributed by atoms with E-state index in [9.17, 15) is 44.3 Å². The first kappa shape index (κ1) is 26.6. The van der Waals surface area contributed by atoms with Crippen LogP contribution in [0.2, 0.25) is 5.02 Å². The molecule has 2 aromatic carbocycles. The first-order chi connectivity index (χ1) is 14.9. The van der Waals surface area contributed by atoms with E-state index >= 15 is 0 Å². The molecule has 0 radical (unpaired) electrons. The summed E-state index contributed by atoms with van der Waals surface area (Å²) >= 11 is 8.28. The van der Waals surface area contributed by atoms with Gasteiger partial charge in [-0.05, 0) is 46.3 Å². The number of hydrogen-bond donors (Lipinski definition) is 2. The van der Waals surface area contributed by atoms with Crippen LogP contribution in [0.3, 0.4) is 0 Å². The lowest BCUT2D eigenvalue weighted by atomic mass is 9.87. The lowest BCUT2D eigenvalue weighted by Gasteiger charge is -2.36. The Morgan fingerprint density at radius 1 is 1.00 bits per heavy atom. The average molecular weight is 569 g/mol. The number of hydrogen-bond acceptors (Lipinski definition) is 3. The Bertz CT molecular complexity index is 1120. The molecule has 1 amide bonds. The molecular weight excluding hydrogens is 561 g/mol. The van der Waals surface area contributed by atoms with Crippen molar-refractivity contribution in [3.05, 3.63) is 56.5 Å². The SMILES string of the molecule is N#Cc1ccc(C(=O)Nc2c(Cl)cc(C(F)(C(F)(F)F)C(F)(F)C(F)(F)F)cc2Br)cc1N. The first-order valence-corrected chi connectivity index (χ1v) is 9.36. The molecule has 178 valence electrons. The lowest BCUT2D eigenvalue weighted by Crippen LogP contribution is -2.59. The van der Waals surface area contributed by atoms with E-state index in [2.05, 4.69) is 21.2 Å². The maximum absolute atomic E-state index is 14.6. The number of nitriles is 1. The number of nitrogens with two attached hydrogens (primary N) is 1. The van der Waals surface area contributed by atoms with E-state index in [0.717, 1.165) is 12.1 Å². The lowest BCUT2D eigenvalue weighted by molar-refractivity contribution is -0.389. The summed E-state index contributed by atoms with van der Waals surface area (Å²) in [6.45, 7) is 0. The largest absolute Gasteiger partial charge is 0.457 e. The van der Waals surface area contributed by atoms with Crippen LogP contribution in [0.5, 0.6) is 0 Å². The molecule has 2 rings (SSSR count). The van der Waals surface area contributed by atoms with Gasteiger partial charge in [-0.1, -0.05) is 11.6 Å². The van der Waals surface area contributed by atoms with Gasteiger partial charge in [0.1, 0.15) is 6.07 Å². The summed E-state index contributed by atoms with van der Waals surface area (Å²) in [5.41, 5.74) is -3.61. The highest BCUT2D eigenvalue weighted by Crippen LogP contribution is 2.59. The minimum atomic E-state index is -6.90. The molecule has 0 spiro atoms. The van der Waals surface area contributed by atoms with Crippen molar-refractivity contribution in [2.45, 2.75) is 23.9 Å². The number of nitrogens with zero attached hydrogens (tertiary/aromatic N) is 1. The summed E-state index contributed by atoms with van der Waals surface area (Å²) in [6.07, 6.45) is -13.6. The number of nitrogens with one attached hydrogen (secondary N) is 1. The van der Waals surface area contributed by atoms with Gasteiger partial charge in [-0.15, -0.1) is 0 Å². The number of amides is 1. The fourth-order valence-corrected chi connectivity index (χ4v) is 3.54. The van der Waals surface area contributed by atoms with Crippen LogP contribution < -0.4 is 11.1 Å². The number of benzene rings is 2.